The van der Waals surface area contributed by atoms with Crippen LogP contribution in [0.3, 0.4) is 0 Å². The minimum Gasteiger partial charge on any atom is -0.484 e. The number of thioether (sulfide) groups is 1. The predicted octanol–water partition coefficient (Wildman–Crippen LogP) is 5.80. The molecule has 0 radical (unpaired) electrons. The minimum absolute atomic E-state index is 0.0957. The number of thiazole rings is 1. The molecular weight excluding hydrogens is 473 g/mol. The van der Waals surface area contributed by atoms with Crippen LogP contribution in [0.4, 0.5) is 15.8 Å². The second-order valence-corrected chi connectivity index (χ2v) is 9.84. The number of carbonyl (C=O) groups is 2. The van der Waals surface area contributed by atoms with Crippen LogP contribution in [0.5, 0.6) is 5.75 Å². The summed E-state index contributed by atoms with van der Waals surface area (Å²) >= 11 is 2.83. The Labute approximate surface area is 204 Å². The number of anilines is 2. The third-order valence-electron chi connectivity index (χ3n) is 4.95. The van der Waals surface area contributed by atoms with Gasteiger partial charge in [0.1, 0.15) is 11.6 Å². The number of aryl methyl sites for hydroxylation is 2. The number of benzene rings is 3. The number of ether oxygens (including phenoxy) is 1. The van der Waals surface area contributed by atoms with Crippen molar-refractivity contribution < 1.29 is 18.7 Å². The van der Waals surface area contributed by atoms with Crippen molar-refractivity contribution in [2.24, 2.45) is 0 Å². The van der Waals surface area contributed by atoms with E-state index in [1.807, 2.05) is 44.2 Å². The zero-order valence-corrected chi connectivity index (χ0v) is 20.2. The highest BCUT2D eigenvalue weighted by atomic mass is 32.2. The van der Waals surface area contributed by atoms with Crippen LogP contribution < -0.4 is 15.4 Å². The fourth-order valence-corrected chi connectivity index (χ4v) is 4.97. The van der Waals surface area contributed by atoms with E-state index in [2.05, 4.69) is 15.6 Å². The van der Waals surface area contributed by atoms with Crippen LogP contribution in [-0.4, -0.2) is 29.2 Å². The first-order valence-electron chi connectivity index (χ1n) is 10.4. The van der Waals surface area contributed by atoms with E-state index >= 15 is 0 Å². The van der Waals surface area contributed by atoms with E-state index in [4.69, 9.17) is 4.74 Å². The summed E-state index contributed by atoms with van der Waals surface area (Å²) in [4.78, 5) is 29.1. The average Bonchev–Trinajstić information content (AvgIpc) is 3.22. The van der Waals surface area contributed by atoms with Crippen molar-refractivity contribution in [3.05, 3.63) is 77.6 Å². The molecule has 2 N–H and O–H groups in total. The monoisotopic (exact) mass is 495 g/mol. The van der Waals surface area contributed by atoms with E-state index in [-0.39, 0.29) is 30.0 Å². The van der Waals surface area contributed by atoms with Crippen LogP contribution in [0, 0.1) is 19.7 Å². The molecule has 4 rings (SSSR count). The second kappa shape index (κ2) is 10.7. The van der Waals surface area contributed by atoms with Crippen LogP contribution in [0.1, 0.15) is 11.1 Å². The SMILES string of the molecule is Cc1ccc(NC(=O)CSc2nc3ccc(NC(=O)COc4ccc(F)cc4)cc3s2)cc1C. The van der Waals surface area contributed by atoms with Crippen molar-refractivity contribution in [1.29, 1.82) is 0 Å². The zero-order chi connectivity index (χ0) is 24.1. The fraction of sp³-hybridized carbons (Fsp3) is 0.160. The molecule has 0 spiro atoms. The van der Waals surface area contributed by atoms with E-state index in [1.165, 1.54) is 52.9 Å². The highest BCUT2D eigenvalue weighted by Gasteiger charge is 2.11. The number of hydrogen-bond acceptors (Lipinski definition) is 6. The minimum atomic E-state index is -0.367. The maximum atomic E-state index is 12.9. The molecule has 2 amide bonds. The molecule has 0 atom stereocenters. The van der Waals surface area contributed by atoms with Crippen molar-refractivity contribution in [3.8, 4) is 5.75 Å². The van der Waals surface area contributed by atoms with Gasteiger partial charge in [0.05, 0.1) is 16.0 Å². The van der Waals surface area contributed by atoms with E-state index in [1.54, 1.807) is 6.07 Å². The summed E-state index contributed by atoms with van der Waals surface area (Å²) in [5, 5.41) is 5.69. The number of amides is 2. The number of nitrogens with one attached hydrogen (secondary N) is 2. The second-order valence-electron chi connectivity index (χ2n) is 7.59. The first-order valence-corrected chi connectivity index (χ1v) is 12.2. The van der Waals surface area contributed by atoms with Crippen LogP contribution in [-0.2, 0) is 9.59 Å². The molecule has 0 unspecified atom stereocenters. The Bertz CT molecular complexity index is 1340. The number of fused-ring (bicyclic) bond motifs is 1. The van der Waals surface area contributed by atoms with Crippen LogP contribution in [0.25, 0.3) is 10.2 Å². The summed E-state index contributed by atoms with van der Waals surface area (Å²) in [6, 6.07) is 16.7. The molecule has 0 fully saturated rings. The number of rotatable bonds is 8. The first kappa shape index (κ1) is 23.7. The largest absolute Gasteiger partial charge is 0.484 e. The van der Waals surface area contributed by atoms with Gasteiger partial charge in [-0.05, 0) is 79.6 Å². The summed E-state index contributed by atoms with van der Waals surface area (Å²) in [5.74, 6) is -0.129. The Hall–Kier alpha value is -3.43. The van der Waals surface area contributed by atoms with Crippen molar-refractivity contribution in [1.82, 2.24) is 4.98 Å². The lowest BCUT2D eigenvalue weighted by molar-refractivity contribution is -0.118. The molecule has 174 valence electrons. The zero-order valence-electron chi connectivity index (χ0n) is 18.6. The molecule has 3 aromatic carbocycles. The molecule has 0 saturated heterocycles. The van der Waals surface area contributed by atoms with Crippen molar-refractivity contribution in [2.45, 2.75) is 18.2 Å². The maximum absolute atomic E-state index is 12.9. The number of halogens is 1. The Morgan fingerprint density at radius 1 is 0.941 bits per heavy atom. The van der Waals surface area contributed by atoms with Crippen molar-refractivity contribution >= 4 is 56.5 Å². The van der Waals surface area contributed by atoms with E-state index in [0.29, 0.717) is 11.4 Å². The Morgan fingerprint density at radius 2 is 1.65 bits per heavy atom. The standard InChI is InChI=1S/C25H22FN3O3S2/c1-15-3-6-18(11-16(15)2)28-24(31)14-33-25-29-21-10-7-19(12-22(21)34-25)27-23(30)13-32-20-8-4-17(26)5-9-20/h3-12H,13-14H2,1-2H3,(H,27,30)(H,28,31). The molecule has 0 aliphatic carbocycles. The number of carbonyl (C=O) groups excluding carboxylic acids is 2. The summed E-state index contributed by atoms with van der Waals surface area (Å²) in [6.45, 7) is 3.85. The lowest BCUT2D eigenvalue weighted by atomic mass is 10.1. The summed E-state index contributed by atoms with van der Waals surface area (Å²) < 4.78 is 20.0. The van der Waals surface area contributed by atoms with E-state index < -0.39 is 0 Å². The molecule has 0 saturated carbocycles. The molecule has 4 aromatic rings. The third-order valence-corrected chi connectivity index (χ3v) is 7.11. The average molecular weight is 496 g/mol. The smallest absolute Gasteiger partial charge is 0.262 e. The van der Waals surface area contributed by atoms with Gasteiger partial charge in [-0.15, -0.1) is 11.3 Å². The maximum Gasteiger partial charge on any atom is 0.262 e. The van der Waals surface area contributed by atoms with E-state index in [0.717, 1.165) is 25.8 Å². The normalized spacial score (nSPS) is 10.8. The van der Waals surface area contributed by atoms with Gasteiger partial charge in [-0.3, -0.25) is 9.59 Å². The molecule has 0 aliphatic rings. The molecule has 0 aliphatic heterocycles. The molecule has 0 bridgehead atoms. The fourth-order valence-electron chi connectivity index (χ4n) is 3.06. The van der Waals surface area contributed by atoms with Gasteiger partial charge in [-0.2, -0.15) is 0 Å². The van der Waals surface area contributed by atoms with Crippen LogP contribution in [0.2, 0.25) is 0 Å². The highest BCUT2D eigenvalue weighted by Crippen LogP contribution is 2.31. The molecular formula is C25H22FN3O3S2. The molecule has 6 nitrogen and oxygen atoms in total. The number of nitrogens with zero attached hydrogens (tertiary/aromatic N) is 1. The van der Waals surface area contributed by atoms with Gasteiger partial charge in [0.2, 0.25) is 5.91 Å². The molecule has 1 aromatic heterocycles. The van der Waals surface area contributed by atoms with Gasteiger partial charge in [0, 0.05) is 11.4 Å². The van der Waals surface area contributed by atoms with Crippen molar-refractivity contribution in [3.63, 3.8) is 0 Å². The molecule has 1 heterocycles. The van der Waals surface area contributed by atoms with Gasteiger partial charge in [0.15, 0.2) is 10.9 Å². The van der Waals surface area contributed by atoms with Crippen LogP contribution >= 0.6 is 23.1 Å². The lowest BCUT2D eigenvalue weighted by Crippen LogP contribution is -2.20. The predicted molar refractivity (Wildman–Crippen MR) is 135 cm³/mol. The summed E-state index contributed by atoms with van der Waals surface area (Å²) in [6.07, 6.45) is 0. The van der Waals surface area contributed by atoms with Gasteiger partial charge in [0.25, 0.3) is 5.91 Å². The molecule has 34 heavy (non-hydrogen) atoms. The van der Waals surface area contributed by atoms with Crippen LogP contribution in [0.15, 0.2) is 65.0 Å². The summed E-state index contributed by atoms with van der Waals surface area (Å²) in [7, 11) is 0. The lowest BCUT2D eigenvalue weighted by Gasteiger charge is -2.07. The highest BCUT2D eigenvalue weighted by molar-refractivity contribution is 8.01. The van der Waals surface area contributed by atoms with E-state index in [9.17, 15) is 14.0 Å². The number of aromatic nitrogens is 1. The van der Waals surface area contributed by atoms with Gasteiger partial charge >= 0.3 is 0 Å². The quantitative estimate of drug-likeness (QED) is 0.302. The Balaban J connectivity index is 1.30. The van der Waals surface area contributed by atoms with Crippen molar-refractivity contribution in [2.75, 3.05) is 23.0 Å². The van der Waals surface area contributed by atoms with Gasteiger partial charge in [-0.1, -0.05) is 17.8 Å². The third kappa shape index (κ3) is 6.33. The summed E-state index contributed by atoms with van der Waals surface area (Å²) in [5.41, 5.74) is 4.50. The Morgan fingerprint density at radius 3 is 2.41 bits per heavy atom. The van der Waals surface area contributed by atoms with Gasteiger partial charge in [-0.25, -0.2) is 9.37 Å². The molecule has 9 heteroatoms. The topological polar surface area (TPSA) is 80.3 Å². The Kier molecular flexibility index (Phi) is 7.44. The first-order chi connectivity index (χ1) is 16.4. The number of hydrogen-bond donors (Lipinski definition) is 2. The van der Waals surface area contributed by atoms with Gasteiger partial charge < -0.3 is 15.4 Å².